The summed E-state index contributed by atoms with van der Waals surface area (Å²) < 4.78 is 59.7. The number of hydrogen-bond donors (Lipinski definition) is 4. The summed E-state index contributed by atoms with van der Waals surface area (Å²) in [6.45, 7) is 11.8. The zero-order valence-corrected chi connectivity index (χ0v) is 43.7. The third-order valence-electron chi connectivity index (χ3n) is 10.7. The molecule has 4 rings (SSSR count). The number of β-amino-alcohol motifs (C(OH)–C–C–N with tert-alkyl or cyclic N) is 1. The van der Waals surface area contributed by atoms with Gasteiger partial charge in [0.1, 0.15) is 24.6 Å². The fourth-order valence-electron chi connectivity index (χ4n) is 6.98. The lowest BCUT2D eigenvalue weighted by Crippen LogP contribution is -2.67. The molecule has 3 aliphatic rings. The van der Waals surface area contributed by atoms with E-state index in [-0.39, 0.29) is 82.2 Å². The second-order valence-corrected chi connectivity index (χ2v) is 16.8. The Morgan fingerprint density at radius 2 is 1.17 bits per heavy atom. The van der Waals surface area contributed by atoms with Crippen molar-refractivity contribution in [3.63, 3.8) is 0 Å². The summed E-state index contributed by atoms with van der Waals surface area (Å²) in [5.74, 6) is -1.98. The van der Waals surface area contributed by atoms with Gasteiger partial charge in [-0.1, -0.05) is 6.92 Å². The van der Waals surface area contributed by atoms with Crippen molar-refractivity contribution in [1.29, 1.82) is 0 Å². The fraction of sp³-hybridized carbons (Fsp3) is 0.673. The Bertz CT molecular complexity index is 2010. The van der Waals surface area contributed by atoms with Crippen LogP contribution in [0.2, 0.25) is 0 Å². The van der Waals surface area contributed by atoms with E-state index in [4.69, 9.17) is 62.7 Å². The quantitative estimate of drug-likeness (QED) is 0.0352. The van der Waals surface area contributed by atoms with Crippen molar-refractivity contribution in [2.24, 2.45) is 10.7 Å². The number of aliphatic imine (C=N–C) groups is 1. The average Bonchev–Trinajstić information content (AvgIpc) is 3.60. The van der Waals surface area contributed by atoms with Crippen LogP contribution in [0.15, 0.2) is 35.0 Å². The highest BCUT2D eigenvalue weighted by molar-refractivity contribution is 6.14. The molecule has 27 nitrogen and oxygen atoms in total. The Labute approximate surface area is 442 Å². The standard InChI is InChI=1S/C49H76N8O19/c1-3-8-57(76-4-2)47(62)38-30-40-41(54-42(50)32-38)31-39(33-52-40)46(61)55-36-49(64,37-55)35-53-48(63)75-29-28-74-27-26-73-25-24-72-23-22-71-21-20-70-19-18-69-17-16-68-15-14-67-13-12-66-11-10-65-9-7-51-43(58)34-56-44(59)5-6-45(56)60/h5-6,30-31,33,64H,3-4,7-29,32,34-37H2,1-2H3,(H2,50,54)(H,51,58)(H,53,63). The van der Waals surface area contributed by atoms with Gasteiger partial charge in [0.05, 0.1) is 175 Å². The third-order valence-corrected chi connectivity index (χ3v) is 10.7. The van der Waals surface area contributed by atoms with Crippen LogP contribution in [-0.4, -0.2) is 257 Å². The first-order valence-electron chi connectivity index (χ1n) is 25.4. The molecule has 0 radical (unpaired) electrons. The van der Waals surface area contributed by atoms with E-state index in [9.17, 15) is 33.9 Å². The summed E-state index contributed by atoms with van der Waals surface area (Å²) >= 11 is 0. The zero-order chi connectivity index (χ0) is 54.6. The van der Waals surface area contributed by atoms with Gasteiger partial charge in [-0.2, -0.15) is 0 Å². The smallest absolute Gasteiger partial charge is 0.407 e. The van der Waals surface area contributed by atoms with Crippen molar-refractivity contribution in [2.45, 2.75) is 32.3 Å². The van der Waals surface area contributed by atoms with Crippen LogP contribution in [0.25, 0.3) is 6.08 Å². The molecule has 6 amide bonds. The van der Waals surface area contributed by atoms with E-state index in [2.05, 4.69) is 20.6 Å². The van der Waals surface area contributed by atoms with Crippen LogP contribution in [-0.2, 0) is 76.1 Å². The second kappa shape index (κ2) is 37.3. The first-order chi connectivity index (χ1) is 36.9. The summed E-state index contributed by atoms with van der Waals surface area (Å²) in [5.41, 5.74) is 6.10. The van der Waals surface area contributed by atoms with Gasteiger partial charge in [-0.25, -0.2) is 14.9 Å². The number of alkyl carbamates (subject to hydrolysis) is 1. The van der Waals surface area contributed by atoms with E-state index in [0.29, 0.717) is 155 Å². The predicted octanol–water partition coefficient (Wildman–Crippen LogP) is -0.832. The first-order valence-corrected chi connectivity index (χ1v) is 25.4. The monoisotopic (exact) mass is 1080 g/mol. The molecule has 0 spiro atoms. The van der Waals surface area contributed by atoms with Crippen LogP contribution in [0.4, 0.5) is 10.5 Å². The molecule has 76 heavy (non-hydrogen) atoms. The molecule has 5 N–H and O–H groups in total. The number of nitrogens with zero attached hydrogens (tertiary/aromatic N) is 5. The number of pyridine rings is 1. The number of imide groups is 1. The number of hydroxylamine groups is 2. The summed E-state index contributed by atoms with van der Waals surface area (Å²) in [6.07, 6.45) is 5.30. The number of nitrogens with two attached hydrogens (primary N) is 1. The zero-order valence-electron chi connectivity index (χ0n) is 43.7. The number of fused-ring (bicyclic) bond motifs is 1. The number of aliphatic hydroxyl groups is 1. The molecule has 1 aromatic rings. The van der Waals surface area contributed by atoms with Crippen LogP contribution in [0, 0.1) is 0 Å². The van der Waals surface area contributed by atoms with E-state index in [1.165, 1.54) is 16.2 Å². The number of amides is 6. The van der Waals surface area contributed by atoms with Gasteiger partial charge in [0.2, 0.25) is 5.91 Å². The Hall–Kier alpha value is -5.56. The van der Waals surface area contributed by atoms with Crippen molar-refractivity contribution in [2.75, 3.05) is 185 Å². The van der Waals surface area contributed by atoms with Crippen LogP contribution >= 0.6 is 0 Å². The van der Waals surface area contributed by atoms with Crippen LogP contribution in [0.1, 0.15) is 42.7 Å². The minimum absolute atomic E-state index is 0.0101. The van der Waals surface area contributed by atoms with Crippen LogP contribution < -0.4 is 16.4 Å². The molecule has 426 valence electrons. The minimum atomic E-state index is -1.34. The van der Waals surface area contributed by atoms with Gasteiger partial charge >= 0.3 is 6.09 Å². The van der Waals surface area contributed by atoms with Crippen molar-refractivity contribution in [1.82, 2.24) is 30.5 Å². The van der Waals surface area contributed by atoms with Gasteiger partial charge in [-0.05, 0) is 25.5 Å². The van der Waals surface area contributed by atoms with Gasteiger partial charge in [0.25, 0.3) is 23.6 Å². The highest BCUT2D eigenvalue weighted by atomic mass is 16.7. The topological polar surface area (TPSA) is 318 Å². The van der Waals surface area contributed by atoms with Gasteiger partial charge in [0.15, 0.2) is 0 Å². The largest absolute Gasteiger partial charge is 0.447 e. The van der Waals surface area contributed by atoms with Crippen LogP contribution in [0.3, 0.4) is 0 Å². The summed E-state index contributed by atoms with van der Waals surface area (Å²) in [6, 6.07) is 1.54. The summed E-state index contributed by atoms with van der Waals surface area (Å²) in [5, 5.41) is 17.3. The number of ether oxygens (including phenoxy) is 11. The van der Waals surface area contributed by atoms with E-state index >= 15 is 0 Å². The van der Waals surface area contributed by atoms with Crippen molar-refractivity contribution >= 4 is 53.2 Å². The van der Waals surface area contributed by atoms with E-state index in [1.54, 1.807) is 19.1 Å². The molecule has 3 aliphatic heterocycles. The number of nitrogens with one attached hydrogen (secondary N) is 2. The lowest BCUT2D eigenvalue weighted by molar-refractivity contribution is -0.180. The van der Waals surface area contributed by atoms with Gasteiger partial charge in [-0.15, -0.1) is 0 Å². The van der Waals surface area contributed by atoms with Crippen molar-refractivity contribution in [3.8, 4) is 0 Å². The number of carbonyl (C=O) groups is 6. The number of hydrogen-bond acceptors (Lipinski definition) is 22. The highest BCUT2D eigenvalue weighted by Gasteiger charge is 2.44. The number of rotatable bonds is 43. The Morgan fingerprint density at radius 3 is 1.64 bits per heavy atom. The van der Waals surface area contributed by atoms with Crippen molar-refractivity contribution < 1.29 is 90.8 Å². The SMILES string of the molecule is CCCN(OCC)C(=O)C1=Cc2ncc(C(=O)N3CC(O)(CNC(=O)OCCOCCOCCOCCOCCOCCOCCOCCOCCOCCOCCNC(=O)CN4C(=O)C=CC4=O)C3)cc2N=C(N)C1. The van der Waals surface area contributed by atoms with Gasteiger partial charge < -0.3 is 78.5 Å². The third kappa shape index (κ3) is 25.1. The molecule has 0 unspecified atom stereocenters. The van der Waals surface area contributed by atoms with Gasteiger partial charge in [0, 0.05) is 43.4 Å². The molecule has 0 saturated carbocycles. The minimum Gasteiger partial charge on any atom is -0.447 e. The highest BCUT2D eigenvalue weighted by Crippen LogP contribution is 2.29. The maximum absolute atomic E-state index is 13.2. The summed E-state index contributed by atoms with van der Waals surface area (Å²) in [7, 11) is 0. The number of amidine groups is 1. The molecular formula is C49H76N8O19. The normalized spacial score (nSPS) is 14.7. The molecule has 1 saturated heterocycles. The van der Waals surface area contributed by atoms with Crippen molar-refractivity contribution in [3.05, 3.63) is 41.2 Å². The molecule has 0 aromatic carbocycles. The molecule has 1 aromatic heterocycles. The van der Waals surface area contributed by atoms with E-state index in [0.717, 1.165) is 17.1 Å². The molecule has 27 heteroatoms. The maximum atomic E-state index is 13.2. The van der Waals surface area contributed by atoms with Crippen LogP contribution in [0.5, 0.6) is 0 Å². The first kappa shape index (κ1) is 63.0. The fourth-order valence-corrected chi connectivity index (χ4v) is 6.98. The Balaban J connectivity index is 0.836. The second-order valence-electron chi connectivity index (χ2n) is 16.8. The van der Waals surface area contributed by atoms with E-state index in [1.807, 2.05) is 6.92 Å². The number of carbonyl (C=O) groups excluding carboxylic acids is 6. The molecule has 0 aliphatic carbocycles. The maximum Gasteiger partial charge on any atom is 0.407 e. The molecule has 0 atom stereocenters. The lowest BCUT2D eigenvalue weighted by Gasteiger charge is -2.46. The molecule has 0 bridgehead atoms. The lowest BCUT2D eigenvalue weighted by atomic mass is 9.93. The van der Waals surface area contributed by atoms with E-state index < -0.39 is 29.4 Å². The average molecular weight is 1080 g/mol. The summed E-state index contributed by atoms with van der Waals surface area (Å²) in [4.78, 5) is 89.9. The van der Waals surface area contributed by atoms with Gasteiger partial charge in [-0.3, -0.25) is 38.7 Å². The predicted molar refractivity (Wildman–Crippen MR) is 269 cm³/mol. The Kier molecular flexibility index (Phi) is 30.9. The number of likely N-dealkylation sites (tertiary alicyclic amines) is 1. The Morgan fingerprint density at radius 1 is 0.697 bits per heavy atom. The molecule has 4 heterocycles. The number of aromatic nitrogens is 1. The molecule has 1 fully saturated rings. The molecular weight excluding hydrogens is 1000 g/mol.